The second-order valence-electron chi connectivity index (χ2n) is 7.04. The van der Waals surface area contributed by atoms with Gasteiger partial charge in [-0.15, -0.1) is 10.2 Å². The summed E-state index contributed by atoms with van der Waals surface area (Å²) in [7, 11) is 1.98. The molecule has 26 heavy (non-hydrogen) atoms. The summed E-state index contributed by atoms with van der Waals surface area (Å²) in [6.45, 7) is 8.66. The van der Waals surface area contributed by atoms with E-state index in [9.17, 15) is 0 Å². The van der Waals surface area contributed by atoms with Crippen LogP contribution in [0.15, 0.2) is 35.3 Å². The van der Waals surface area contributed by atoms with Crippen LogP contribution in [-0.2, 0) is 20.1 Å². The third-order valence-corrected chi connectivity index (χ3v) is 4.36. The van der Waals surface area contributed by atoms with Crippen molar-refractivity contribution in [1.29, 1.82) is 0 Å². The second-order valence-corrected chi connectivity index (χ2v) is 7.04. The van der Waals surface area contributed by atoms with E-state index < -0.39 is 0 Å². The highest BCUT2D eigenvalue weighted by molar-refractivity contribution is 5.79. The topological polar surface area (TPSA) is 67.1 Å². The van der Waals surface area contributed by atoms with Gasteiger partial charge in [0.25, 0.3) is 0 Å². The number of aliphatic imine (C=N–C) groups is 1. The Kier molecular flexibility index (Phi) is 8.12. The van der Waals surface area contributed by atoms with Crippen molar-refractivity contribution < 1.29 is 0 Å². The Morgan fingerprint density at radius 2 is 1.88 bits per heavy atom. The van der Waals surface area contributed by atoms with E-state index in [0.29, 0.717) is 13.1 Å². The van der Waals surface area contributed by atoms with Gasteiger partial charge in [0.15, 0.2) is 11.8 Å². The number of unbranched alkanes of at least 4 members (excludes halogenated alkanes) is 1. The number of nitrogens with zero attached hydrogens (tertiary/aromatic N) is 4. The smallest absolute Gasteiger partial charge is 0.191 e. The SMILES string of the molecule is Cc1nnc(CNC(=NCc2ccccc2)NCCCCC(C)C)n1C. The molecule has 0 fully saturated rings. The van der Waals surface area contributed by atoms with Crippen molar-refractivity contribution >= 4 is 5.96 Å². The maximum absolute atomic E-state index is 4.72. The fourth-order valence-corrected chi connectivity index (χ4v) is 2.58. The van der Waals surface area contributed by atoms with Crippen molar-refractivity contribution in [2.24, 2.45) is 18.0 Å². The van der Waals surface area contributed by atoms with Crippen LogP contribution in [0.25, 0.3) is 0 Å². The second kappa shape index (κ2) is 10.6. The molecule has 0 saturated heterocycles. The summed E-state index contributed by atoms with van der Waals surface area (Å²) in [5.41, 5.74) is 1.20. The van der Waals surface area contributed by atoms with Crippen molar-refractivity contribution in [1.82, 2.24) is 25.4 Å². The zero-order chi connectivity index (χ0) is 18.8. The molecular formula is C20H32N6. The highest BCUT2D eigenvalue weighted by Gasteiger charge is 2.06. The Labute approximate surface area is 157 Å². The first kappa shape index (κ1) is 19.9. The fraction of sp³-hybridized carbons (Fsp3) is 0.550. The number of aromatic nitrogens is 3. The Bertz CT molecular complexity index is 675. The monoisotopic (exact) mass is 356 g/mol. The largest absolute Gasteiger partial charge is 0.356 e. The molecule has 2 N–H and O–H groups in total. The Morgan fingerprint density at radius 1 is 1.12 bits per heavy atom. The maximum atomic E-state index is 4.72. The number of hydrogen-bond acceptors (Lipinski definition) is 3. The molecule has 1 aromatic heterocycles. The normalized spacial score (nSPS) is 11.8. The van der Waals surface area contributed by atoms with Gasteiger partial charge in [-0.2, -0.15) is 0 Å². The van der Waals surface area contributed by atoms with Gasteiger partial charge in [0, 0.05) is 13.6 Å². The van der Waals surface area contributed by atoms with Crippen LogP contribution in [0.2, 0.25) is 0 Å². The molecule has 142 valence electrons. The molecule has 0 aliphatic heterocycles. The molecule has 0 radical (unpaired) electrons. The van der Waals surface area contributed by atoms with Gasteiger partial charge in [-0.25, -0.2) is 4.99 Å². The fourth-order valence-electron chi connectivity index (χ4n) is 2.58. The van der Waals surface area contributed by atoms with Crippen molar-refractivity contribution in [3.8, 4) is 0 Å². The van der Waals surface area contributed by atoms with Crippen LogP contribution in [0.4, 0.5) is 0 Å². The molecule has 0 aliphatic carbocycles. The first-order valence-corrected chi connectivity index (χ1v) is 9.47. The number of hydrogen-bond donors (Lipinski definition) is 2. The van der Waals surface area contributed by atoms with Crippen LogP contribution in [0.1, 0.15) is 50.3 Å². The molecule has 0 aliphatic rings. The zero-order valence-electron chi connectivity index (χ0n) is 16.5. The van der Waals surface area contributed by atoms with E-state index >= 15 is 0 Å². The number of aryl methyl sites for hydroxylation is 1. The van der Waals surface area contributed by atoms with E-state index in [1.807, 2.05) is 36.7 Å². The zero-order valence-corrected chi connectivity index (χ0v) is 16.5. The summed E-state index contributed by atoms with van der Waals surface area (Å²) in [6.07, 6.45) is 3.65. The molecule has 1 aromatic carbocycles. The summed E-state index contributed by atoms with van der Waals surface area (Å²) in [4.78, 5) is 4.72. The standard InChI is InChI=1S/C20H32N6/c1-16(2)10-8-9-13-21-20(22-14-18-11-6-5-7-12-18)23-15-19-25-24-17(3)26(19)4/h5-7,11-12,16H,8-10,13-15H2,1-4H3,(H2,21,22,23). The molecule has 6 nitrogen and oxygen atoms in total. The molecule has 0 unspecified atom stereocenters. The minimum atomic E-state index is 0.601. The van der Waals surface area contributed by atoms with Gasteiger partial charge < -0.3 is 15.2 Å². The Hall–Kier alpha value is -2.37. The maximum Gasteiger partial charge on any atom is 0.191 e. The third-order valence-electron chi connectivity index (χ3n) is 4.36. The highest BCUT2D eigenvalue weighted by Crippen LogP contribution is 2.05. The average Bonchev–Trinajstić information content (AvgIpc) is 2.95. The van der Waals surface area contributed by atoms with E-state index in [1.165, 1.54) is 18.4 Å². The molecular weight excluding hydrogens is 324 g/mol. The lowest BCUT2D eigenvalue weighted by Crippen LogP contribution is -2.38. The number of benzene rings is 1. The molecule has 2 rings (SSSR count). The van der Waals surface area contributed by atoms with Crippen LogP contribution >= 0.6 is 0 Å². The van der Waals surface area contributed by atoms with Crippen LogP contribution in [0, 0.1) is 12.8 Å². The predicted octanol–water partition coefficient (Wildman–Crippen LogP) is 3.19. The summed E-state index contributed by atoms with van der Waals surface area (Å²) in [5, 5.41) is 15.1. The Balaban J connectivity index is 1.90. The van der Waals surface area contributed by atoms with Gasteiger partial charge in [-0.3, -0.25) is 0 Å². The minimum Gasteiger partial charge on any atom is -0.356 e. The van der Waals surface area contributed by atoms with Crippen molar-refractivity contribution in [3.05, 3.63) is 47.5 Å². The molecule has 2 aromatic rings. The van der Waals surface area contributed by atoms with Crippen molar-refractivity contribution in [3.63, 3.8) is 0 Å². The molecule has 1 heterocycles. The Morgan fingerprint density at radius 3 is 2.54 bits per heavy atom. The molecule has 0 spiro atoms. The van der Waals surface area contributed by atoms with E-state index in [2.05, 4.69) is 46.8 Å². The third kappa shape index (κ3) is 6.86. The van der Waals surface area contributed by atoms with Crippen LogP contribution < -0.4 is 10.6 Å². The van der Waals surface area contributed by atoms with Gasteiger partial charge in [-0.1, -0.05) is 57.0 Å². The highest BCUT2D eigenvalue weighted by atomic mass is 15.3. The summed E-state index contributed by atoms with van der Waals surface area (Å²) < 4.78 is 1.99. The van der Waals surface area contributed by atoms with E-state index in [4.69, 9.17) is 4.99 Å². The number of rotatable bonds is 9. The summed E-state index contributed by atoms with van der Waals surface area (Å²) >= 11 is 0. The number of guanidine groups is 1. The van der Waals surface area contributed by atoms with Gasteiger partial charge in [0.05, 0.1) is 13.1 Å². The molecule has 0 atom stereocenters. The van der Waals surface area contributed by atoms with Gasteiger partial charge in [-0.05, 0) is 24.8 Å². The van der Waals surface area contributed by atoms with Gasteiger partial charge >= 0.3 is 0 Å². The van der Waals surface area contributed by atoms with Crippen molar-refractivity contribution in [2.45, 2.75) is 53.1 Å². The lowest BCUT2D eigenvalue weighted by Gasteiger charge is -2.13. The molecule has 0 amide bonds. The first-order valence-electron chi connectivity index (χ1n) is 9.47. The van der Waals surface area contributed by atoms with Gasteiger partial charge in [0.1, 0.15) is 5.82 Å². The van der Waals surface area contributed by atoms with Crippen LogP contribution in [0.5, 0.6) is 0 Å². The van der Waals surface area contributed by atoms with Crippen molar-refractivity contribution in [2.75, 3.05) is 6.54 Å². The summed E-state index contributed by atoms with van der Waals surface area (Å²) in [5.74, 6) is 3.39. The first-order chi connectivity index (χ1) is 12.6. The predicted molar refractivity (Wildman–Crippen MR) is 107 cm³/mol. The van der Waals surface area contributed by atoms with Gasteiger partial charge in [0.2, 0.25) is 0 Å². The quantitative estimate of drug-likeness (QED) is 0.411. The molecule has 0 saturated carbocycles. The lowest BCUT2D eigenvalue weighted by atomic mass is 10.1. The van der Waals surface area contributed by atoms with Crippen LogP contribution in [0.3, 0.4) is 0 Å². The average molecular weight is 357 g/mol. The minimum absolute atomic E-state index is 0.601. The van der Waals surface area contributed by atoms with E-state index in [-0.39, 0.29) is 0 Å². The molecule has 6 heteroatoms. The summed E-state index contributed by atoms with van der Waals surface area (Å²) in [6, 6.07) is 10.3. The van der Waals surface area contributed by atoms with E-state index in [0.717, 1.165) is 36.5 Å². The van der Waals surface area contributed by atoms with E-state index in [1.54, 1.807) is 0 Å². The molecule has 0 bridgehead atoms. The lowest BCUT2D eigenvalue weighted by molar-refractivity contribution is 0.534. The van der Waals surface area contributed by atoms with Crippen LogP contribution in [-0.4, -0.2) is 27.3 Å². The number of nitrogens with one attached hydrogen (secondary N) is 2.